The van der Waals surface area contributed by atoms with Gasteiger partial charge >= 0.3 is 0 Å². The molecule has 2 aliphatic rings. The monoisotopic (exact) mass is 501 g/mol. The molecule has 0 unspecified atom stereocenters. The van der Waals surface area contributed by atoms with Gasteiger partial charge in [-0.25, -0.2) is 9.50 Å². The van der Waals surface area contributed by atoms with Crippen LogP contribution in [0.4, 0.5) is 17.2 Å². The van der Waals surface area contributed by atoms with Crippen LogP contribution in [0.15, 0.2) is 36.8 Å². The van der Waals surface area contributed by atoms with Crippen LogP contribution in [-0.2, 0) is 4.79 Å². The van der Waals surface area contributed by atoms with Crippen molar-refractivity contribution in [3.05, 3.63) is 48.0 Å². The molecular formula is C25H27N9O3. The first kappa shape index (κ1) is 23.0. The summed E-state index contributed by atoms with van der Waals surface area (Å²) in [6, 6.07) is 5.94. The van der Waals surface area contributed by atoms with Gasteiger partial charge in [0.05, 0.1) is 36.9 Å². The van der Waals surface area contributed by atoms with Gasteiger partial charge in [-0.15, -0.1) is 5.10 Å². The molecule has 1 aromatic carbocycles. The second-order valence-electron chi connectivity index (χ2n) is 9.45. The molecule has 2 amide bonds. The molecule has 12 nitrogen and oxygen atoms in total. The predicted octanol–water partition coefficient (Wildman–Crippen LogP) is 2.25. The summed E-state index contributed by atoms with van der Waals surface area (Å²) in [5.41, 5.74) is 10.0. The van der Waals surface area contributed by atoms with Gasteiger partial charge in [0.25, 0.3) is 5.91 Å². The number of nitrogens with two attached hydrogens (primary N) is 1. The number of aromatic nitrogens is 5. The van der Waals surface area contributed by atoms with Crippen molar-refractivity contribution in [2.24, 2.45) is 11.7 Å². The Balaban J connectivity index is 1.41. The van der Waals surface area contributed by atoms with Crippen LogP contribution in [0.25, 0.3) is 16.8 Å². The van der Waals surface area contributed by atoms with Gasteiger partial charge in [0.1, 0.15) is 11.4 Å². The minimum atomic E-state index is -0.672. The van der Waals surface area contributed by atoms with E-state index in [0.717, 1.165) is 42.6 Å². The molecule has 0 spiro atoms. The van der Waals surface area contributed by atoms with Crippen molar-refractivity contribution >= 4 is 34.7 Å². The first-order valence-corrected chi connectivity index (χ1v) is 12.1. The Morgan fingerprint density at radius 2 is 2.00 bits per heavy atom. The third-order valence-corrected chi connectivity index (χ3v) is 6.74. The van der Waals surface area contributed by atoms with E-state index in [1.807, 2.05) is 36.1 Å². The molecule has 2 fully saturated rings. The molecule has 1 aliphatic heterocycles. The van der Waals surface area contributed by atoms with Crippen LogP contribution in [0.3, 0.4) is 0 Å². The maximum atomic E-state index is 12.4. The van der Waals surface area contributed by atoms with E-state index >= 15 is 0 Å². The second-order valence-corrected chi connectivity index (χ2v) is 9.45. The van der Waals surface area contributed by atoms with Crippen molar-refractivity contribution in [2.75, 3.05) is 30.8 Å². The molecule has 4 heterocycles. The van der Waals surface area contributed by atoms with Crippen molar-refractivity contribution in [2.45, 2.75) is 25.8 Å². The van der Waals surface area contributed by atoms with Gasteiger partial charge in [-0.2, -0.15) is 5.10 Å². The van der Waals surface area contributed by atoms with E-state index in [-0.39, 0.29) is 17.5 Å². The Morgan fingerprint density at radius 3 is 2.68 bits per heavy atom. The van der Waals surface area contributed by atoms with Gasteiger partial charge in [-0.05, 0) is 31.4 Å². The van der Waals surface area contributed by atoms with Crippen LogP contribution in [0, 0.1) is 12.8 Å². The Kier molecular flexibility index (Phi) is 5.52. The highest BCUT2D eigenvalue weighted by Crippen LogP contribution is 2.41. The number of methoxy groups -OCH3 is 1. The third-order valence-electron chi connectivity index (χ3n) is 6.74. The number of fused-ring (bicyclic) bond motifs is 1. The molecular weight excluding hydrogens is 474 g/mol. The van der Waals surface area contributed by atoms with Crippen molar-refractivity contribution in [1.29, 1.82) is 0 Å². The van der Waals surface area contributed by atoms with E-state index in [1.165, 1.54) is 10.7 Å². The van der Waals surface area contributed by atoms with Gasteiger partial charge < -0.3 is 26.4 Å². The number of aryl methyl sites for hydroxylation is 1. The second kappa shape index (κ2) is 8.89. The molecule has 6 rings (SSSR count). The fourth-order valence-corrected chi connectivity index (χ4v) is 4.45. The van der Waals surface area contributed by atoms with E-state index in [2.05, 4.69) is 31.1 Å². The number of nitrogens with one attached hydrogen (secondary N) is 3. The number of amides is 2. The zero-order valence-electron chi connectivity index (χ0n) is 20.5. The first-order valence-electron chi connectivity index (χ1n) is 12.1. The maximum Gasteiger partial charge on any atom is 0.269 e. The highest BCUT2D eigenvalue weighted by Gasteiger charge is 2.30. The molecule has 1 saturated heterocycles. The van der Waals surface area contributed by atoms with Crippen molar-refractivity contribution in [1.82, 2.24) is 29.7 Å². The Morgan fingerprint density at radius 1 is 1.19 bits per heavy atom. The summed E-state index contributed by atoms with van der Waals surface area (Å²) in [4.78, 5) is 28.6. The summed E-state index contributed by atoms with van der Waals surface area (Å²) in [7, 11) is 1.62. The number of rotatable bonds is 8. The average Bonchev–Trinajstić information content (AvgIpc) is 3.44. The quantitative estimate of drug-likeness (QED) is 0.287. The zero-order valence-corrected chi connectivity index (χ0v) is 20.5. The van der Waals surface area contributed by atoms with E-state index in [4.69, 9.17) is 10.5 Å². The number of ether oxygens (including phenoxy) is 1. The molecule has 4 aromatic rings. The lowest BCUT2D eigenvalue weighted by molar-refractivity contribution is -0.117. The lowest BCUT2D eigenvalue weighted by Crippen LogP contribution is -2.43. The number of primary amides is 1. The maximum absolute atomic E-state index is 12.4. The molecule has 190 valence electrons. The number of imidazole rings is 1. The highest BCUT2D eigenvalue weighted by molar-refractivity contribution is 5.95. The summed E-state index contributed by atoms with van der Waals surface area (Å²) in [5, 5.41) is 18.5. The molecule has 1 saturated carbocycles. The van der Waals surface area contributed by atoms with E-state index < -0.39 is 5.91 Å². The van der Waals surface area contributed by atoms with E-state index in [0.29, 0.717) is 34.6 Å². The first-order chi connectivity index (χ1) is 17.9. The zero-order chi connectivity index (χ0) is 25.7. The molecule has 0 bridgehead atoms. The topological polar surface area (TPSA) is 153 Å². The number of benzene rings is 1. The fourth-order valence-electron chi connectivity index (χ4n) is 4.45. The summed E-state index contributed by atoms with van der Waals surface area (Å²) in [6.07, 6.45) is 7.05. The SMILES string of the molecule is COc1c(Nc2cc(NC(=O)C3CC3)nn3cc(C(N)=O)nc23)ccc(C)c1-c1cnn(C2CNC2)c1. The average molecular weight is 502 g/mol. The normalized spacial score (nSPS) is 15.4. The number of carbonyl (C=O) groups excluding carboxylic acids is 2. The number of nitrogens with zero attached hydrogens (tertiary/aromatic N) is 5. The summed E-state index contributed by atoms with van der Waals surface area (Å²) in [6.45, 7) is 3.82. The van der Waals surface area contributed by atoms with Crippen LogP contribution in [-0.4, -0.2) is 56.4 Å². The Labute approximate surface area is 212 Å². The number of carbonyl (C=O) groups is 2. The van der Waals surface area contributed by atoms with Crippen molar-refractivity contribution in [3.8, 4) is 16.9 Å². The van der Waals surface area contributed by atoms with Gasteiger partial charge in [0.2, 0.25) is 5.91 Å². The van der Waals surface area contributed by atoms with Crippen LogP contribution >= 0.6 is 0 Å². The number of anilines is 3. The lowest BCUT2D eigenvalue weighted by Gasteiger charge is -2.27. The van der Waals surface area contributed by atoms with E-state index in [9.17, 15) is 9.59 Å². The highest BCUT2D eigenvalue weighted by atomic mass is 16.5. The number of hydrogen-bond acceptors (Lipinski definition) is 8. The lowest BCUT2D eigenvalue weighted by atomic mass is 10.0. The third kappa shape index (κ3) is 4.25. The molecule has 37 heavy (non-hydrogen) atoms. The standard InChI is InChI=1S/C25H27N9O3/c1-13-3-6-17(22(37-2)21(13)15-8-28-33(11-15)16-9-27-10-16)29-18-7-20(31-25(36)14-4-5-14)32-34-12-19(23(26)35)30-24(18)34/h3,6-8,11-12,14,16,27,29H,4-5,9-10H2,1-2H3,(H2,26,35)(H,31,32,36). The molecule has 3 aromatic heterocycles. The van der Waals surface area contributed by atoms with Gasteiger partial charge in [-0.3, -0.25) is 14.3 Å². The Bertz CT molecular complexity index is 1530. The summed E-state index contributed by atoms with van der Waals surface area (Å²) < 4.78 is 9.29. The minimum absolute atomic E-state index is 0.00857. The predicted molar refractivity (Wildman–Crippen MR) is 137 cm³/mol. The smallest absolute Gasteiger partial charge is 0.269 e. The number of hydrogen-bond donors (Lipinski definition) is 4. The van der Waals surface area contributed by atoms with Crippen molar-refractivity contribution < 1.29 is 14.3 Å². The minimum Gasteiger partial charge on any atom is -0.494 e. The summed E-state index contributed by atoms with van der Waals surface area (Å²) >= 11 is 0. The molecule has 5 N–H and O–H groups in total. The largest absolute Gasteiger partial charge is 0.494 e. The van der Waals surface area contributed by atoms with Crippen LogP contribution in [0.1, 0.15) is 34.9 Å². The van der Waals surface area contributed by atoms with Crippen LogP contribution in [0.5, 0.6) is 5.75 Å². The van der Waals surface area contributed by atoms with Gasteiger partial charge in [0.15, 0.2) is 11.5 Å². The Hall–Kier alpha value is -4.45. The molecule has 0 radical (unpaired) electrons. The van der Waals surface area contributed by atoms with E-state index in [1.54, 1.807) is 13.2 Å². The van der Waals surface area contributed by atoms with Crippen LogP contribution < -0.4 is 26.4 Å². The molecule has 0 atom stereocenters. The van der Waals surface area contributed by atoms with Gasteiger partial charge in [0, 0.05) is 42.4 Å². The fraction of sp³-hybridized carbons (Fsp3) is 0.320. The van der Waals surface area contributed by atoms with Crippen molar-refractivity contribution in [3.63, 3.8) is 0 Å². The molecule has 1 aliphatic carbocycles. The summed E-state index contributed by atoms with van der Waals surface area (Å²) in [5.74, 6) is 0.221. The van der Waals surface area contributed by atoms with Crippen LogP contribution in [0.2, 0.25) is 0 Å². The van der Waals surface area contributed by atoms with Gasteiger partial charge in [-0.1, -0.05) is 6.07 Å². The molecule has 12 heteroatoms.